The van der Waals surface area contributed by atoms with Gasteiger partial charge in [0.15, 0.2) is 0 Å². The molecule has 0 aliphatic heterocycles. The maximum atomic E-state index is 11.8. The zero-order chi connectivity index (χ0) is 12.8. The molecule has 0 bridgehead atoms. The first-order valence-electron chi connectivity index (χ1n) is 5.67. The summed E-state index contributed by atoms with van der Waals surface area (Å²) < 4.78 is 5.32. The van der Waals surface area contributed by atoms with E-state index in [1.807, 2.05) is 20.8 Å². The van der Waals surface area contributed by atoms with Crippen molar-refractivity contribution in [2.24, 2.45) is 5.92 Å². The standard InChI is InChI=1S/C13H23NO2/c1-7-8-9-14(10-11(2)3)12(15)16-13(4,5)6/h1,11H,8-10H2,2-6H3. The van der Waals surface area contributed by atoms with Crippen molar-refractivity contribution in [3.63, 3.8) is 0 Å². The summed E-state index contributed by atoms with van der Waals surface area (Å²) in [5, 5.41) is 0. The molecule has 0 radical (unpaired) electrons. The first kappa shape index (κ1) is 14.8. The second kappa shape index (κ2) is 6.42. The molecule has 92 valence electrons. The third kappa shape index (κ3) is 7.17. The van der Waals surface area contributed by atoms with Gasteiger partial charge in [-0.15, -0.1) is 12.3 Å². The summed E-state index contributed by atoms with van der Waals surface area (Å²) in [4.78, 5) is 13.5. The Morgan fingerprint density at radius 2 is 2.00 bits per heavy atom. The molecule has 0 saturated carbocycles. The van der Waals surface area contributed by atoms with E-state index >= 15 is 0 Å². The van der Waals surface area contributed by atoms with Crippen LogP contribution in [0.5, 0.6) is 0 Å². The summed E-state index contributed by atoms with van der Waals surface area (Å²) >= 11 is 0. The molecule has 0 spiro atoms. The largest absolute Gasteiger partial charge is 0.444 e. The van der Waals surface area contributed by atoms with E-state index in [1.165, 1.54) is 0 Å². The topological polar surface area (TPSA) is 29.5 Å². The van der Waals surface area contributed by atoms with Crippen molar-refractivity contribution in [3.8, 4) is 12.3 Å². The van der Waals surface area contributed by atoms with E-state index in [4.69, 9.17) is 11.2 Å². The van der Waals surface area contributed by atoms with Gasteiger partial charge in [-0.3, -0.25) is 0 Å². The molecule has 3 heteroatoms. The second-order valence-corrected chi connectivity index (χ2v) is 5.27. The van der Waals surface area contributed by atoms with E-state index in [-0.39, 0.29) is 6.09 Å². The fourth-order valence-corrected chi connectivity index (χ4v) is 1.22. The molecule has 0 N–H and O–H groups in total. The molecule has 0 aliphatic rings. The lowest BCUT2D eigenvalue weighted by molar-refractivity contribution is 0.0233. The highest BCUT2D eigenvalue weighted by Crippen LogP contribution is 2.11. The van der Waals surface area contributed by atoms with Crippen LogP contribution in [-0.2, 0) is 4.74 Å². The van der Waals surface area contributed by atoms with Crippen molar-refractivity contribution < 1.29 is 9.53 Å². The quantitative estimate of drug-likeness (QED) is 0.688. The summed E-state index contributed by atoms with van der Waals surface area (Å²) in [6.07, 6.45) is 5.49. The average Bonchev–Trinajstić information content (AvgIpc) is 2.08. The Labute approximate surface area is 99.2 Å². The molecule has 0 aromatic carbocycles. The van der Waals surface area contributed by atoms with E-state index in [2.05, 4.69) is 19.8 Å². The normalized spacial score (nSPS) is 11.1. The van der Waals surface area contributed by atoms with Gasteiger partial charge in [-0.2, -0.15) is 0 Å². The van der Waals surface area contributed by atoms with Gasteiger partial charge < -0.3 is 9.64 Å². The zero-order valence-corrected chi connectivity index (χ0v) is 11.0. The van der Waals surface area contributed by atoms with Crippen molar-refractivity contribution in [2.45, 2.75) is 46.6 Å². The molecule has 0 aromatic rings. The molecular weight excluding hydrogens is 202 g/mol. The van der Waals surface area contributed by atoms with Crippen LogP contribution in [0.1, 0.15) is 41.0 Å². The number of amides is 1. The van der Waals surface area contributed by atoms with Gasteiger partial charge in [-0.25, -0.2) is 4.79 Å². The van der Waals surface area contributed by atoms with E-state index in [1.54, 1.807) is 4.90 Å². The van der Waals surface area contributed by atoms with Gasteiger partial charge in [0.1, 0.15) is 5.60 Å². The third-order valence-corrected chi connectivity index (χ3v) is 1.76. The van der Waals surface area contributed by atoms with Crippen LogP contribution in [0, 0.1) is 18.3 Å². The highest BCUT2D eigenvalue weighted by atomic mass is 16.6. The summed E-state index contributed by atoms with van der Waals surface area (Å²) in [6, 6.07) is 0. The molecule has 0 rings (SSSR count). The number of hydrogen-bond acceptors (Lipinski definition) is 2. The predicted molar refractivity (Wildman–Crippen MR) is 66.1 cm³/mol. The van der Waals surface area contributed by atoms with Crippen molar-refractivity contribution in [1.29, 1.82) is 0 Å². The summed E-state index contributed by atoms with van der Waals surface area (Å²) in [6.45, 7) is 10.9. The molecular formula is C13H23NO2. The van der Waals surface area contributed by atoms with Crippen LogP contribution in [0.4, 0.5) is 4.79 Å². The van der Waals surface area contributed by atoms with E-state index in [0.29, 0.717) is 25.4 Å². The Bertz CT molecular complexity index is 258. The predicted octanol–water partition coefficient (Wildman–Crippen LogP) is 2.90. The van der Waals surface area contributed by atoms with Crippen molar-refractivity contribution in [3.05, 3.63) is 0 Å². The lowest BCUT2D eigenvalue weighted by Crippen LogP contribution is -2.39. The molecule has 0 heterocycles. The second-order valence-electron chi connectivity index (χ2n) is 5.27. The number of nitrogens with zero attached hydrogens (tertiary/aromatic N) is 1. The molecule has 0 aromatic heterocycles. The van der Waals surface area contributed by atoms with Crippen molar-refractivity contribution in [1.82, 2.24) is 4.90 Å². The van der Waals surface area contributed by atoms with Gasteiger partial charge in [0.25, 0.3) is 0 Å². The first-order chi connectivity index (χ1) is 7.26. The Kier molecular flexibility index (Phi) is 5.95. The molecule has 0 atom stereocenters. The number of terminal acetylenes is 1. The number of ether oxygens (including phenoxy) is 1. The van der Waals surface area contributed by atoms with Gasteiger partial charge in [0.05, 0.1) is 0 Å². The van der Waals surface area contributed by atoms with Crippen molar-refractivity contribution >= 4 is 6.09 Å². The molecule has 0 aliphatic carbocycles. The minimum absolute atomic E-state index is 0.281. The van der Waals surface area contributed by atoms with Crippen LogP contribution in [0.2, 0.25) is 0 Å². The van der Waals surface area contributed by atoms with Gasteiger partial charge in [-0.1, -0.05) is 13.8 Å². The monoisotopic (exact) mass is 225 g/mol. The molecule has 3 nitrogen and oxygen atoms in total. The Morgan fingerprint density at radius 3 is 2.38 bits per heavy atom. The van der Waals surface area contributed by atoms with Crippen LogP contribution in [0.3, 0.4) is 0 Å². The lowest BCUT2D eigenvalue weighted by Gasteiger charge is -2.28. The van der Waals surface area contributed by atoms with Crippen LogP contribution in [0.25, 0.3) is 0 Å². The zero-order valence-electron chi connectivity index (χ0n) is 11.0. The summed E-state index contributed by atoms with van der Waals surface area (Å²) in [5.41, 5.74) is -0.456. The molecule has 16 heavy (non-hydrogen) atoms. The summed E-state index contributed by atoms with van der Waals surface area (Å²) in [5.74, 6) is 2.95. The van der Waals surface area contributed by atoms with Gasteiger partial charge in [-0.05, 0) is 26.7 Å². The van der Waals surface area contributed by atoms with Gasteiger partial charge in [0, 0.05) is 19.5 Å². The number of carbonyl (C=O) groups is 1. The SMILES string of the molecule is C#CCCN(CC(C)C)C(=O)OC(C)(C)C. The molecule has 0 unspecified atom stereocenters. The minimum Gasteiger partial charge on any atom is -0.444 e. The fourth-order valence-electron chi connectivity index (χ4n) is 1.22. The minimum atomic E-state index is -0.456. The Hall–Kier alpha value is -1.17. The first-order valence-corrected chi connectivity index (χ1v) is 5.67. The smallest absolute Gasteiger partial charge is 0.410 e. The highest BCUT2D eigenvalue weighted by Gasteiger charge is 2.22. The maximum Gasteiger partial charge on any atom is 0.410 e. The number of carbonyl (C=O) groups excluding carboxylic acids is 1. The van der Waals surface area contributed by atoms with Crippen LogP contribution in [0.15, 0.2) is 0 Å². The van der Waals surface area contributed by atoms with Gasteiger partial charge in [0.2, 0.25) is 0 Å². The van der Waals surface area contributed by atoms with Crippen LogP contribution < -0.4 is 0 Å². The van der Waals surface area contributed by atoms with Crippen molar-refractivity contribution in [2.75, 3.05) is 13.1 Å². The molecule has 0 saturated heterocycles. The Morgan fingerprint density at radius 1 is 1.44 bits per heavy atom. The third-order valence-electron chi connectivity index (χ3n) is 1.76. The van der Waals surface area contributed by atoms with E-state index in [9.17, 15) is 4.79 Å². The van der Waals surface area contributed by atoms with Gasteiger partial charge >= 0.3 is 6.09 Å². The molecule has 1 amide bonds. The maximum absolute atomic E-state index is 11.8. The molecule has 0 fully saturated rings. The van der Waals surface area contributed by atoms with E-state index < -0.39 is 5.60 Å². The lowest BCUT2D eigenvalue weighted by atomic mass is 10.2. The highest BCUT2D eigenvalue weighted by molar-refractivity contribution is 5.68. The summed E-state index contributed by atoms with van der Waals surface area (Å²) in [7, 11) is 0. The van der Waals surface area contributed by atoms with Crippen LogP contribution >= 0.6 is 0 Å². The number of hydrogen-bond donors (Lipinski definition) is 0. The Balaban J connectivity index is 4.38. The average molecular weight is 225 g/mol. The van der Waals surface area contributed by atoms with E-state index in [0.717, 1.165) is 0 Å². The number of rotatable bonds is 4. The van der Waals surface area contributed by atoms with Crippen LogP contribution in [-0.4, -0.2) is 29.7 Å². The fraction of sp³-hybridized carbons (Fsp3) is 0.769.